The standard InChI is InChI=1S/C12H8N2O3S2/c15-11(16)10-8(5-18-12-14-13-6-19-12)7-3-1-2-4-9(7)17-10/h1-4,6H,5H2,(H,15,16). The fourth-order valence-electron chi connectivity index (χ4n) is 1.77. The average Bonchev–Trinajstić information content (AvgIpc) is 3.03. The quantitative estimate of drug-likeness (QED) is 0.744. The Morgan fingerprint density at radius 2 is 2.26 bits per heavy atom. The number of carboxylic acids is 1. The summed E-state index contributed by atoms with van der Waals surface area (Å²) in [4.78, 5) is 11.2. The Bertz CT molecular complexity index is 722. The number of fused-ring (bicyclic) bond motifs is 1. The van der Waals surface area contributed by atoms with Gasteiger partial charge in [-0.1, -0.05) is 41.3 Å². The van der Waals surface area contributed by atoms with Gasteiger partial charge in [-0.15, -0.1) is 10.2 Å². The molecule has 0 aliphatic rings. The second kappa shape index (κ2) is 5.02. The van der Waals surface area contributed by atoms with Crippen LogP contribution in [0.5, 0.6) is 0 Å². The van der Waals surface area contributed by atoms with E-state index >= 15 is 0 Å². The van der Waals surface area contributed by atoms with Gasteiger partial charge in [-0.05, 0) is 6.07 Å². The van der Waals surface area contributed by atoms with Gasteiger partial charge in [0.1, 0.15) is 11.1 Å². The molecule has 0 unspecified atom stereocenters. The Morgan fingerprint density at radius 3 is 3.00 bits per heavy atom. The van der Waals surface area contributed by atoms with Gasteiger partial charge < -0.3 is 9.52 Å². The maximum Gasteiger partial charge on any atom is 0.372 e. The highest BCUT2D eigenvalue weighted by molar-refractivity contribution is 8.00. The highest BCUT2D eigenvalue weighted by Crippen LogP contribution is 2.32. The first-order valence-electron chi connectivity index (χ1n) is 5.38. The highest BCUT2D eigenvalue weighted by Gasteiger charge is 2.19. The van der Waals surface area contributed by atoms with Crippen LogP contribution in [0.3, 0.4) is 0 Å². The van der Waals surface area contributed by atoms with E-state index in [1.54, 1.807) is 11.6 Å². The van der Waals surface area contributed by atoms with Gasteiger partial charge in [0.25, 0.3) is 0 Å². The SMILES string of the molecule is O=C(O)c1oc2ccccc2c1CSc1nncs1. The van der Waals surface area contributed by atoms with Crippen molar-refractivity contribution < 1.29 is 14.3 Å². The largest absolute Gasteiger partial charge is 0.475 e. The lowest BCUT2D eigenvalue weighted by atomic mass is 10.1. The molecule has 5 nitrogen and oxygen atoms in total. The third-order valence-electron chi connectivity index (χ3n) is 2.57. The molecule has 1 N–H and O–H groups in total. The van der Waals surface area contributed by atoms with Crippen LogP contribution in [0.2, 0.25) is 0 Å². The smallest absolute Gasteiger partial charge is 0.372 e. The number of benzene rings is 1. The van der Waals surface area contributed by atoms with E-state index in [1.807, 2.05) is 18.2 Å². The molecule has 0 aliphatic carbocycles. The molecule has 0 spiro atoms. The van der Waals surface area contributed by atoms with E-state index < -0.39 is 5.97 Å². The molecular formula is C12H8N2O3S2. The van der Waals surface area contributed by atoms with Gasteiger partial charge in [-0.25, -0.2) is 4.79 Å². The number of rotatable bonds is 4. The molecule has 3 rings (SSSR count). The molecule has 19 heavy (non-hydrogen) atoms. The lowest BCUT2D eigenvalue weighted by Gasteiger charge is -1.97. The topological polar surface area (TPSA) is 76.2 Å². The number of thioether (sulfide) groups is 1. The minimum absolute atomic E-state index is 0.00165. The van der Waals surface area contributed by atoms with Crippen molar-refractivity contribution in [3.8, 4) is 0 Å². The molecule has 0 saturated carbocycles. The molecule has 7 heteroatoms. The summed E-state index contributed by atoms with van der Waals surface area (Å²) in [5.41, 5.74) is 2.92. The summed E-state index contributed by atoms with van der Waals surface area (Å²) in [6, 6.07) is 7.31. The molecule has 2 aromatic heterocycles. The number of para-hydroxylation sites is 1. The number of hydrogen-bond donors (Lipinski definition) is 1. The van der Waals surface area contributed by atoms with Gasteiger partial charge in [0.2, 0.25) is 5.76 Å². The van der Waals surface area contributed by atoms with Crippen molar-refractivity contribution in [3.05, 3.63) is 41.1 Å². The first-order valence-corrected chi connectivity index (χ1v) is 7.25. The van der Waals surface area contributed by atoms with E-state index in [9.17, 15) is 9.90 Å². The Hall–Kier alpha value is -1.86. The Balaban J connectivity index is 2.00. The normalized spacial score (nSPS) is 10.9. The number of aromatic carboxylic acids is 1. The fourth-order valence-corrected chi connectivity index (χ4v) is 3.29. The number of carbonyl (C=O) groups is 1. The Morgan fingerprint density at radius 1 is 1.42 bits per heavy atom. The molecule has 0 atom stereocenters. The Labute approximate surface area is 116 Å². The molecule has 2 heterocycles. The summed E-state index contributed by atoms with van der Waals surface area (Å²) in [5.74, 6) is -0.560. The summed E-state index contributed by atoms with van der Waals surface area (Å²) in [6.45, 7) is 0. The van der Waals surface area contributed by atoms with Gasteiger partial charge in [0.15, 0.2) is 4.34 Å². The van der Waals surface area contributed by atoms with Crippen LogP contribution in [0.25, 0.3) is 11.0 Å². The van der Waals surface area contributed by atoms with E-state index in [0.717, 1.165) is 9.73 Å². The molecule has 0 fully saturated rings. The fraction of sp³-hybridized carbons (Fsp3) is 0.0833. The molecule has 0 saturated heterocycles. The maximum absolute atomic E-state index is 11.2. The second-order valence-electron chi connectivity index (χ2n) is 3.70. The number of furan rings is 1. The third-order valence-corrected chi connectivity index (χ3v) is 4.46. The number of carboxylic acid groups (broad SMARTS) is 1. The number of aromatic nitrogens is 2. The predicted octanol–water partition coefficient (Wildman–Crippen LogP) is 3.27. The van der Waals surface area contributed by atoms with Gasteiger partial charge in [-0.2, -0.15) is 0 Å². The lowest BCUT2D eigenvalue weighted by Crippen LogP contribution is -1.97. The Kier molecular flexibility index (Phi) is 3.22. The van der Waals surface area contributed by atoms with Crippen LogP contribution in [0.1, 0.15) is 16.1 Å². The van der Waals surface area contributed by atoms with Crippen molar-refractivity contribution in [2.75, 3.05) is 0 Å². The number of nitrogens with zero attached hydrogens (tertiary/aromatic N) is 2. The monoisotopic (exact) mass is 292 g/mol. The zero-order valence-corrected chi connectivity index (χ0v) is 11.2. The van der Waals surface area contributed by atoms with Crippen LogP contribution in [0.4, 0.5) is 0 Å². The zero-order valence-electron chi connectivity index (χ0n) is 9.57. The summed E-state index contributed by atoms with van der Waals surface area (Å²) >= 11 is 2.88. The van der Waals surface area contributed by atoms with E-state index in [1.165, 1.54) is 23.1 Å². The van der Waals surface area contributed by atoms with Crippen LogP contribution in [-0.4, -0.2) is 21.3 Å². The van der Waals surface area contributed by atoms with E-state index in [0.29, 0.717) is 16.9 Å². The highest BCUT2D eigenvalue weighted by atomic mass is 32.2. The van der Waals surface area contributed by atoms with E-state index in [-0.39, 0.29) is 5.76 Å². The second-order valence-corrected chi connectivity index (χ2v) is 5.76. The van der Waals surface area contributed by atoms with Gasteiger partial charge in [-0.3, -0.25) is 0 Å². The van der Waals surface area contributed by atoms with Crippen molar-refractivity contribution >= 4 is 40.0 Å². The van der Waals surface area contributed by atoms with Crippen molar-refractivity contribution in [2.24, 2.45) is 0 Å². The molecule has 3 aromatic rings. The summed E-state index contributed by atoms with van der Waals surface area (Å²) in [6.07, 6.45) is 0. The number of hydrogen-bond acceptors (Lipinski definition) is 6. The van der Waals surface area contributed by atoms with E-state index in [2.05, 4.69) is 10.2 Å². The summed E-state index contributed by atoms with van der Waals surface area (Å²) in [7, 11) is 0. The third kappa shape index (κ3) is 2.34. The van der Waals surface area contributed by atoms with Crippen LogP contribution in [0.15, 0.2) is 38.5 Å². The molecule has 0 bridgehead atoms. The van der Waals surface area contributed by atoms with Crippen molar-refractivity contribution in [1.29, 1.82) is 0 Å². The molecule has 0 amide bonds. The van der Waals surface area contributed by atoms with Crippen molar-refractivity contribution in [1.82, 2.24) is 10.2 Å². The van der Waals surface area contributed by atoms with E-state index in [4.69, 9.17) is 4.42 Å². The van der Waals surface area contributed by atoms with Gasteiger partial charge in [0.05, 0.1) is 0 Å². The zero-order chi connectivity index (χ0) is 13.2. The summed E-state index contributed by atoms with van der Waals surface area (Å²) < 4.78 is 6.19. The van der Waals surface area contributed by atoms with Crippen LogP contribution in [0, 0.1) is 0 Å². The predicted molar refractivity (Wildman–Crippen MR) is 72.6 cm³/mol. The van der Waals surface area contributed by atoms with Crippen molar-refractivity contribution in [2.45, 2.75) is 10.1 Å². The minimum atomic E-state index is -1.05. The molecule has 0 radical (unpaired) electrons. The maximum atomic E-state index is 11.2. The van der Waals surface area contributed by atoms with Crippen molar-refractivity contribution in [3.63, 3.8) is 0 Å². The first-order chi connectivity index (χ1) is 9.25. The molecule has 0 aliphatic heterocycles. The first kappa shape index (κ1) is 12.2. The van der Waals surface area contributed by atoms with Gasteiger partial charge in [0, 0.05) is 16.7 Å². The van der Waals surface area contributed by atoms with Crippen LogP contribution in [-0.2, 0) is 5.75 Å². The molecule has 96 valence electrons. The van der Waals surface area contributed by atoms with Crippen LogP contribution >= 0.6 is 23.1 Å². The van der Waals surface area contributed by atoms with Gasteiger partial charge >= 0.3 is 5.97 Å². The summed E-state index contributed by atoms with van der Waals surface area (Å²) in [5, 5.41) is 17.7. The minimum Gasteiger partial charge on any atom is -0.475 e. The molecular weight excluding hydrogens is 284 g/mol. The lowest BCUT2D eigenvalue weighted by molar-refractivity contribution is 0.0664. The average molecular weight is 292 g/mol. The van der Waals surface area contributed by atoms with Crippen LogP contribution < -0.4 is 0 Å². The molecule has 1 aromatic carbocycles.